The number of hydrogen-bond donors (Lipinski definition) is 0. The van der Waals surface area contributed by atoms with Crippen LogP contribution in [0.4, 0.5) is 0 Å². The molecule has 4 nitrogen and oxygen atoms in total. The molecular formula is C20H18O4. The Morgan fingerprint density at radius 1 is 1.00 bits per heavy atom. The van der Waals surface area contributed by atoms with Crippen molar-refractivity contribution in [3.05, 3.63) is 58.7 Å². The zero-order valence-electron chi connectivity index (χ0n) is 13.5. The Morgan fingerprint density at radius 3 is 2.67 bits per heavy atom. The highest BCUT2D eigenvalue weighted by atomic mass is 16.5. The molecule has 4 rings (SSSR count). The molecular weight excluding hydrogens is 304 g/mol. The lowest BCUT2D eigenvalue weighted by atomic mass is 9.98. The molecule has 0 spiro atoms. The lowest BCUT2D eigenvalue weighted by Gasteiger charge is -2.07. The lowest BCUT2D eigenvalue weighted by molar-refractivity contribution is 0.103. The third kappa shape index (κ3) is 2.64. The van der Waals surface area contributed by atoms with Crippen LogP contribution in [0, 0.1) is 0 Å². The van der Waals surface area contributed by atoms with Crippen molar-refractivity contribution in [3.63, 3.8) is 0 Å². The molecule has 2 aromatic carbocycles. The van der Waals surface area contributed by atoms with Crippen molar-refractivity contribution in [1.82, 2.24) is 0 Å². The van der Waals surface area contributed by atoms with Crippen LogP contribution in [0.5, 0.6) is 17.2 Å². The molecule has 2 aromatic rings. The Bertz CT molecular complexity index is 836. The first-order valence-electron chi connectivity index (χ1n) is 8.06. The van der Waals surface area contributed by atoms with Crippen LogP contribution in [0.2, 0.25) is 0 Å². The summed E-state index contributed by atoms with van der Waals surface area (Å²) in [4.78, 5) is 12.9. The van der Waals surface area contributed by atoms with Crippen LogP contribution in [0.1, 0.15) is 27.9 Å². The molecule has 0 bridgehead atoms. The van der Waals surface area contributed by atoms with E-state index in [0.29, 0.717) is 30.1 Å². The number of carbonyl (C=O) groups is 1. The van der Waals surface area contributed by atoms with E-state index in [0.717, 1.165) is 29.9 Å². The van der Waals surface area contributed by atoms with Gasteiger partial charge in [0.05, 0.1) is 25.9 Å². The largest absolute Gasteiger partial charge is 0.497 e. The number of hydrogen-bond acceptors (Lipinski definition) is 4. The van der Waals surface area contributed by atoms with Crippen LogP contribution in [0.3, 0.4) is 0 Å². The van der Waals surface area contributed by atoms with E-state index in [1.165, 1.54) is 5.56 Å². The first kappa shape index (κ1) is 14.8. The quantitative estimate of drug-likeness (QED) is 0.791. The van der Waals surface area contributed by atoms with E-state index in [1.54, 1.807) is 25.3 Å². The SMILES string of the molecule is COc1ccc2c(c1)C(=O)/C(=C\c1ccc3c(c1)CCO3)CCO2. The minimum absolute atomic E-state index is 0.00171. The van der Waals surface area contributed by atoms with Crippen molar-refractivity contribution in [2.45, 2.75) is 12.8 Å². The zero-order valence-corrected chi connectivity index (χ0v) is 13.5. The topological polar surface area (TPSA) is 44.8 Å². The first-order valence-corrected chi connectivity index (χ1v) is 8.06. The molecule has 2 aliphatic heterocycles. The van der Waals surface area contributed by atoms with Crippen LogP contribution in [0.25, 0.3) is 6.08 Å². The molecule has 0 unspecified atom stereocenters. The second kappa shape index (κ2) is 6.04. The Balaban J connectivity index is 1.71. The van der Waals surface area contributed by atoms with Crippen molar-refractivity contribution in [2.75, 3.05) is 20.3 Å². The first-order chi connectivity index (χ1) is 11.7. The van der Waals surface area contributed by atoms with Gasteiger partial charge in [0.15, 0.2) is 5.78 Å². The Kier molecular flexibility index (Phi) is 3.73. The molecule has 24 heavy (non-hydrogen) atoms. The molecule has 122 valence electrons. The summed E-state index contributed by atoms with van der Waals surface area (Å²) in [5.41, 5.74) is 3.53. The highest BCUT2D eigenvalue weighted by molar-refractivity contribution is 6.13. The molecule has 0 saturated heterocycles. The molecule has 0 saturated carbocycles. The molecule has 0 N–H and O–H groups in total. The van der Waals surface area contributed by atoms with Crippen LogP contribution in [-0.4, -0.2) is 26.1 Å². The van der Waals surface area contributed by atoms with Crippen molar-refractivity contribution in [3.8, 4) is 17.2 Å². The van der Waals surface area contributed by atoms with Gasteiger partial charge < -0.3 is 14.2 Å². The van der Waals surface area contributed by atoms with Gasteiger partial charge in [-0.25, -0.2) is 0 Å². The van der Waals surface area contributed by atoms with E-state index >= 15 is 0 Å². The standard InChI is InChI=1S/C20H18O4/c1-22-16-3-5-19-17(12-16)20(21)15(7-9-24-19)11-13-2-4-18-14(10-13)6-8-23-18/h2-5,10-12H,6-9H2,1H3/b15-11-. The molecule has 2 aliphatic rings. The predicted octanol–water partition coefficient (Wildman–Crippen LogP) is 3.68. The molecule has 4 heteroatoms. The smallest absolute Gasteiger partial charge is 0.193 e. The number of rotatable bonds is 2. The molecule has 0 amide bonds. The van der Waals surface area contributed by atoms with E-state index in [2.05, 4.69) is 6.07 Å². The van der Waals surface area contributed by atoms with Crippen molar-refractivity contribution in [1.29, 1.82) is 0 Å². The minimum atomic E-state index is -0.00171. The number of ether oxygens (including phenoxy) is 3. The molecule has 0 fully saturated rings. The molecule has 0 aliphatic carbocycles. The normalized spacial score (nSPS) is 17.5. The van der Waals surface area contributed by atoms with Gasteiger partial charge in [0.1, 0.15) is 17.2 Å². The van der Waals surface area contributed by atoms with Gasteiger partial charge in [0.2, 0.25) is 0 Å². The summed E-state index contributed by atoms with van der Waals surface area (Å²) < 4.78 is 16.5. The van der Waals surface area contributed by atoms with Crippen LogP contribution in [-0.2, 0) is 6.42 Å². The summed E-state index contributed by atoms with van der Waals surface area (Å²) in [6, 6.07) is 11.4. The van der Waals surface area contributed by atoms with E-state index < -0.39 is 0 Å². The van der Waals surface area contributed by atoms with Crippen molar-refractivity contribution >= 4 is 11.9 Å². The highest BCUT2D eigenvalue weighted by Gasteiger charge is 2.22. The average molecular weight is 322 g/mol. The predicted molar refractivity (Wildman–Crippen MR) is 91.1 cm³/mol. The summed E-state index contributed by atoms with van der Waals surface area (Å²) >= 11 is 0. The Labute approximate surface area is 140 Å². The van der Waals surface area contributed by atoms with Gasteiger partial charge in [-0.3, -0.25) is 4.79 Å². The number of benzene rings is 2. The molecule has 0 aromatic heterocycles. The van der Waals surface area contributed by atoms with Crippen LogP contribution >= 0.6 is 0 Å². The minimum Gasteiger partial charge on any atom is -0.497 e. The van der Waals surface area contributed by atoms with Gasteiger partial charge >= 0.3 is 0 Å². The van der Waals surface area contributed by atoms with E-state index in [-0.39, 0.29) is 5.78 Å². The zero-order chi connectivity index (χ0) is 16.5. The van der Waals surface area contributed by atoms with Gasteiger partial charge in [-0.05, 0) is 47.5 Å². The van der Waals surface area contributed by atoms with Gasteiger partial charge in [-0.2, -0.15) is 0 Å². The number of ketones is 1. The number of Topliss-reactive ketones (excluding diaryl/α,β-unsaturated/α-hetero) is 1. The Hall–Kier alpha value is -2.75. The van der Waals surface area contributed by atoms with E-state index in [4.69, 9.17) is 14.2 Å². The fraction of sp³-hybridized carbons (Fsp3) is 0.250. The van der Waals surface area contributed by atoms with Crippen molar-refractivity contribution < 1.29 is 19.0 Å². The van der Waals surface area contributed by atoms with E-state index in [1.807, 2.05) is 18.2 Å². The second-order valence-electron chi connectivity index (χ2n) is 5.92. The summed E-state index contributed by atoms with van der Waals surface area (Å²) in [5.74, 6) is 2.22. The maximum atomic E-state index is 12.9. The highest BCUT2D eigenvalue weighted by Crippen LogP contribution is 2.32. The van der Waals surface area contributed by atoms with E-state index in [9.17, 15) is 4.79 Å². The third-order valence-electron chi connectivity index (χ3n) is 4.41. The second-order valence-corrected chi connectivity index (χ2v) is 5.92. The fourth-order valence-electron chi connectivity index (χ4n) is 3.13. The van der Waals surface area contributed by atoms with Crippen LogP contribution in [0.15, 0.2) is 42.0 Å². The number of fused-ring (bicyclic) bond motifs is 2. The van der Waals surface area contributed by atoms with Crippen molar-refractivity contribution in [2.24, 2.45) is 0 Å². The number of methoxy groups -OCH3 is 1. The lowest BCUT2D eigenvalue weighted by Crippen LogP contribution is -2.02. The summed E-state index contributed by atoms with van der Waals surface area (Å²) in [6.07, 6.45) is 3.46. The monoisotopic (exact) mass is 322 g/mol. The molecule has 0 radical (unpaired) electrons. The van der Waals surface area contributed by atoms with Gasteiger partial charge in [0.25, 0.3) is 0 Å². The van der Waals surface area contributed by atoms with Crippen LogP contribution < -0.4 is 14.2 Å². The molecule has 2 heterocycles. The van der Waals surface area contributed by atoms with Gasteiger partial charge in [-0.15, -0.1) is 0 Å². The average Bonchev–Trinajstić information content (AvgIpc) is 3.02. The van der Waals surface area contributed by atoms with Gasteiger partial charge in [0, 0.05) is 18.4 Å². The third-order valence-corrected chi connectivity index (χ3v) is 4.41. The summed E-state index contributed by atoms with van der Waals surface area (Å²) in [6.45, 7) is 1.22. The summed E-state index contributed by atoms with van der Waals surface area (Å²) in [7, 11) is 1.59. The molecule has 0 atom stereocenters. The van der Waals surface area contributed by atoms with Gasteiger partial charge in [-0.1, -0.05) is 6.07 Å². The Morgan fingerprint density at radius 2 is 1.79 bits per heavy atom. The number of carbonyl (C=O) groups excluding carboxylic acids is 1. The summed E-state index contributed by atoms with van der Waals surface area (Å²) in [5, 5.41) is 0. The maximum absolute atomic E-state index is 12.9. The maximum Gasteiger partial charge on any atom is 0.193 e. The fourth-order valence-corrected chi connectivity index (χ4v) is 3.13.